The van der Waals surface area contributed by atoms with Crippen LogP contribution in [0.2, 0.25) is 10.0 Å². The van der Waals surface area contributed by atoms with E-state index in [1.165, 1.54) is 30.5 Å². The van der Waals surface area contributed by atoms with Gasteiger partial charge in [-0.25, -0.2) is 18.3 Å². The van der Waals surface area contributed by atoms with Gasteiger partial charge >= 0.3 is 0 Å². The predicted octanol–water partition coefficient (Wildman–Crippen LogP) is 5.10. The van der Waals surface area contributed by atoms with Gasteiger partial charge in [-0.15, -0.1) is 0 Å². The molecule has 1 aromatic carbocycles. The number of carbonyl (C=O) groups excluding carboxylic acids is 1. The first kappa shape index (κ1) is 17.2. The molecule has 2 aromatic heterocycles. The van der Waals surface area contributed by atoms with Crippen molar-refractivity contribution in [3.63, 3.8) is 0 Å². The number of carbonyl (C=O) groups is 1. The number of aromatic nitrogens is 3. The van der Waals surface area contributed by atoms with Crippen LogP contribution in [0.4, 0.5) is 14.5 Å². The summed E-state index contributed by atoms with van der Waals surface area (Å²) in [7, 11) is 0. The molecule has 0 saturated heterocycles. The Balaban J connectivity index is 1.75. The average Bonchev–Trinajstić information content (AvgIpc) is 3.32. The smallest absolute Gasteiger partial charge is 0.280 e. The van der Waals surface area contributed by atoms with Crippen molar-refractivity contribution in [3.05, 3.63) is 57.5 Å². The van der Waals surface area contributed by atoms with Gasteiger partial charge in [-0.1, -0.05) is 23.2 Å². The van der Waals surface area contributed by atoms with E-state index < -0.39 is 12.3 Å². The summed E-state index contributed by atoms with van der Waals surface area (Å²) in [5, 5.41) is 7.29. The Morgan fingerprint density at radius 2 is 1.88 bits per heavy atom. The zero-order chi connectivity index (χ0) is 18.4. The van der Waals surface area contributed by atoms with Gasteiger partial charge in [0.25, 0.3) is 12.3 Å². The fourth-order valence-electron chi connectivity index (χ4n) is 2.73. The molecule has 1 aliphatic carbocycles. The molecule has 2 heterocycles. The molecule has 26 heavy (non-hydrogen) atoms. The number of nitrogens with zero attached hydrogens (tertiary/aromatic N) is 3. The lowest BCUT2D eigenvalue weighted by Crippen LogP contribution is -2.13. The summed E-state index contributed by atoms with van der Waals surface area (Å²) in [5.41, 5.74) is 0.884. The Hall–Kier alpha value is -2.25. The molecule has 5 nitrogen and oxygen atoms in total. The molecule has 1 saturated carbocycles. The number of fused-ring (bicyclic) bond motifs is 1. The summed E-state index contributed by atoms with van der Waals surface area (Å²) < 4.78 is 27.8. The molecule has 9 heteroatoms. The normalized spacial score (nSPS) is 14.2. The predicted molar refractivity (Wildman–Crippen MR) is 94.3 cm³/mol. The Morgan fingerprint density at radius 3 is 2.50 bits per heavy atom. The zero-order valence-electron chi connectivity index (χ0n) is 13.2. The monoisotopic (exact) mass is 396 g/mol. The topological polar surface area (TPSA) is 59.3 Å². The Labute approximate surface area is 156 Å². The van der Waals surface area contributed by atoms with Gasteiger partial charge in [0.15, 0.2) is 5.65 Å². The maximum absolute atomic E-state index is 13.4. The van der Waals surface area contributed by atoms with Crippen molar-refractivity contribution in [2.75, 3.05) is 5.32 Å². The molecule has 0 bridgehead atoms. The minimum Gasteiger partial charge on any atom is -0.322 e. The summed E-state index contributed by atoms with van der Waals surface area (Å²) in [6.45, 7) is 0. The fraction of sp³-hybridized carbons (Fsp3) is 0.235. The highest BCUT2D eigenvalue weighted by Crippen LogP contribution is 2.40. The second-order valence-corrected chi connectivity index (χ2v) is 6.96. The molecule has 1 aliphatic rings. The highest BCUT2D eigenvalue weighted by molar-refractivity contribution is 6.35. The number of amides is 1. The summed E-state index contributed by atoms with van der Waals surface area (Å²) in [5.74, 6) is -0.367. The second kappa shape index (κ2) is 6.48. The average molecular weight is 397 g/mol. The molecule has 4 rings (SSSR count). The van der Waals surface area contributed by atoms with Crippen LogP contribution < -0.4 is 5.32 Å². The van der Waals surface area contributed by atoms with Gasteiger partial charge in [-0.2, -0.15) is 5.10 Å². The number of nitrogens with one attached hydrogen (secondary N) is 1. The molecule has 0 unspecified atom stereocenters. The lowest BCUT2D eigenvalue weighted by molar-refractivity contribution is 0.102. The molecule has 0 atom stereocenters. The van der Waals surface area contributed by atoms with E-state index in [4.69, 9.17) is 23.2 Å². The van der Waals surface area contributed by atoms with Crippen molar-refractivity contribution in [3.8, 4) is 0 Å². The van der Waals surface area contributed by atoms with E-state index in [1.54, 1.807) is 0 Å². The van der Waals surface area contributed by atoms with Crippen LogP contribution in [0.1, 0.15) is 46.9 Å². The van der Waals surface area contributed by atoms with Gasteiger partial charge in [-0.05, 0) is 37.1 Å². The van der Waals surface area contributed by atoms with Gasteiger partial charge in [0.1, 0.15) is 11.3 Å². The van der Waals surface area contributed by atoms with Crippen molar-refractivity contribution < 1.29 is 13.6 Å². The highest BCUT2D eigenvalue weighted by atomic mass is 35.5. The summed E-state index contributed by atoms with van der Waals surface area (Å²) in [4.78, 5) is 17.0. The van der Waals surface area contributed by atoms with Crippen molar-refractivity contribution in [2.24, 2.45) is 0 Å². The van der Waals surface area contributed by atoms with Crippen molar-refractivity contribution in [2.45, 2.75) is 25.2 Å². The first-order valence-electron chi connectivity index (χ1n) is 7.86. The first-order valence-corrected chi connectivity index (χ1v) is 8.62. The van der Waals surface area contributed by atoms with Gasteiger partial charge in [0, 0.05) is 27.3 Å². The first-order chi connectivity index (χ1) is 12.4. The molecular formula is C17H12Cl2F2N4O. The van der Waals surface area contributed by atoms with E-state index in [2.05, 4.69) is 15.4 Å². The molecule has 1 fully saturated rings. The highest BCUT2D eigenvalue weighted by Gasteiger charge is 2.29. The lowest BCUT2D eigenvalue weighted by Gasteiger charge is -2.08. The van der Waals surface area contributed by atoms with E-state index >= 15 is 0 Å². The third-order valence-corrected chi connectivity index (χ3v) is 4.54. The number of anilines is 1. The molecule has 1 N–H and O–H groups in total. The zero-order valence-corrected chi connectivity index (χ0v) is 14.7. The molecule has 0 radical (unpaired) electrons. The van der Waals surface area contributed by atoms with E-state index in [1.807, 2.05) is 0 Å². The molecule has 134 valence electrons. The molecule has 1 amide bonds. The van der Waals surface area contributed by atoms with E-state index in [0.717, 1.165) is 17.4 Å². The standard InChI is InChI=1S/C17H12Cl2F2N4O/c18-9-3-10(19)5-11(4-9)23-17(26)12-7-22-25-14(15(20)21)6-13(8-1-2-8)24-16(12)25/h3-8,15H,1-2H2,(H,23,26). The maximum atomic E-state index is 13.4. The van der Waals surface area contributed by atoms with Crippen LogP contribution in [0.25, 0.3) is 5.65 Å². The quantitative estimate of drug-likeness (QED) is 0.666. The molecular weight excluding hydrogens is 385 g/mol. The van der Waals surface area contributed by atoms with Crippen LogP contribution >= 0.6 is 23.2 Å². The SMILES string of the molecule is O=C(Nc1cc(Cl)cc(Cl)c1)c1cnn2c(C(F)F)cc(C3CC3)nc12. The third kappa shape index (κ3) is 3.24. The van der Waals surface area contributed by atoms with Crippen molar-refractivity contribution in [1.29, 1.82) is 0 Å². The number of hydrogen-bond acceptors (Lipinski definition) is 3. The number of rotatable bonds is 4. The number of hydrogen-bond donors (Lipinski definition) is 1. The molecule has 3 aromatic rings. The van der Waals surface area contributed by atoms with Crippen LogP contribution in [0.15, 0.2) is 30.5 Å². The van der Waals surface area contributed by atoms with Gasteiger partial charge in [-0.3, -0.25) is 4.79 Å². The summed E-state index contributed by atoms with van der Waals surface area (Å²) >= 11 is 11.8. The number of benzene rings is 1. The second-order valence-electron chi connectivity index (χ2n) is 6.09. The minimum atomic E-state index is -2.72. The lowest BCUT2D eigenvalue weighted by atomic mass is 10.2. The summed E-state index contributed by atoms with van der Waals surface area (Å²) in [6, 6.07) is 5.96. The minimum absolute atomic E-state index is 0.102. The fourth-order valence-corrected chi connectivity index (χ4v) is 3.26. The molecule has 0 aliphatic heterocycles. The van der Waals surface area contributed by atoms with Gasteiger partial charge < -0.3 is 5.32 Å². The third-order valence-electron chi connectivity index (χ3n) is 4.10. The van der Waals surface area contributed by atoms with Crippen LogP contribution in [-0.4, -0.2) is 20.5 Å². The Kier molecular flexibility index (Phi) is 4.28. The maximum Gasteiger partial charge on any atom is 0.280 e. The summed E-state index contributed by atoms with van der Waals surface area (Å²) in [6.07, 6.45) is 0.317. The van der Waals surface area contributed by atoms with Crippen LogP contribution in [-0.2, 0) is 0 Å². The van der Waals surface area contributed by atoms with E-state index in [-0.39, 0.29) is 22.8 Å². The van der Waals surface area contributed by atoms with Crippen molar-refractivity contribution in [1.82, 2.24) is 14.6 Å². The number of alkyl halides is 2. The van der Waals surface area contributed by atoms with Crippen LogP contribution in [0.5, 0.6) is 0 Å². The van der Waals surface area contributed by atoms with Crippen LogP contribution in [0.3, 0.4) is 0 Å². The Bertz CT molecular complexity index is 997. The largest absolute Gasteiger partial charge is 0.322 e. The number of halogens is 4. The van der Waals surface area contributed by atoms with Gasteiger partial charge in [0.2, 0.25) is 0 Å². The van der Waals surface area contributed by atoms with E-state index in [9.17, 15) is 13.6 Å². The van der Waals surface area contributed by atoms with Crippen molar-refractivity contribution >= 4 is 40.4 Å². The van der Waals surface area contributed by atoms with Gasteiger partial charge in [0.05, 0.1) is 6.20 Å². The molecule has 0 spiro atoms. The van der Waals surface area contributed by atoms with Crippen LogP contribution in [0, 0.1) is 0 Å². The Morgan fingerprint density at radius 1 is 1.19 bits per heavy atom. The van der Waals surface area contributed by atoms with E-state index in [0.29, 0.717) is 21.4 Å².